The molecular formula is C16H22BrNO. The summed E-state index contributed by atoms with van der Waals surface area (Å²) in [7, 11) is 0. The molecule has 1 saturated heterocycles. The number of carbonyl (C=O) groups excluding carboxylic acids is 1. The topological polar surface area (TPSA) is 20.3 Å². The molecule has 2 rings (SSSR count). The zero-order chi connectivity index (χ0) is 14.0. The van der Waals surface area contributed by atoms with E-state index in [-0.39, 0.29) is 5.91 Å². The van der Waals surface area contributed by atoms with Crippen LogP contribution in [-0.2, 0) is 11.2 Å². The highest BCUT2D eigenvalue weighted by Gasteiger charge is 2.33. The number of rotatable bonds is 3. The minimum Gasteiger partial charge on any atom is -0.338 e. The molecular weight excluding hydrogens is 302 g/mol. The molecule has 2 unspecified atom stereocenters. The zero-order valence-corrected chi connectivity index (χ0v) is 13.5. The van der Waals surface area contributed by atoms with Crippen LogP contribution < -0.4 is 0 Å². The zero-order valence-electron chi connectivity index (χ0n) is 11.9. The molecule has 0 aliphatic carbocycles. The maximum absolute atomic E-state index is 12.5. The molecule has 2 nitrogen and oxygen atoms in total. The largest absolute Gasteiger partial charge is 0.338 e. The Kier molecular flexibility index (Phi) is 4.67. The van der Waals surface area contributed by atoms with E-state index in [2.05, 4.69) is 59.8 Å². The van der Waals surface area contributed by atoms with Crippen molar-refractivity contribution in [3.05, 3.63) is 34.9 Å². The third-order valence-corrected chi connectivity index (χ3v) is 4.87. The van der Waals surface area contributed by atoms with Crippen LogP contribution in [0.3, 0.4) is 0 Å². The van der Waals surface area contributed by atoms with E-state index in [0.29, 0.717) is 18.4 Å². The van der Waals surface area contributed by atoms with Crippen LogP contribution in [-0.4, -0.2) is 28.7 Å². The van der Waals surface area contributed by atoms with E-state index < -0.39 is 0 Å². The van der Waals surface area contributed by atoms with Crippen LogP contribution in [0.1, 0.15) is 30.0 Å². The summed E-state index contributed by atoms with van der Waals surface area (Å²) in [5, 5.41) is 0.882. The third-order valence-electron chi connectivity index (χ3n) is 4.21. The summed E-state index contributed by atoms with van der Waals surface area (Å²) >= 11 is 3.54. The molecule has 104 valence electrons. The quantitative estimate of drug-likeness (QED) is 0.780. The predicted octanol–water partition coefficient (Wildman–Crippen LogP) is 3.48. The monoisotopic (exact) mass is 323 g/mol. The molecule has 1 heterocycles. The molecule has 1 aromatic rings. The first kappa shape index (κ1) is 14.6. The number of hydrogen-bond acceptors (Lipinski definition) is 1. The molecule has 2 atom stereocenters. The van der Waals surface area contributed by atoms with Gasteiger partial charge in [-0.1, -0.05) is 46.6 Å². The first-order valence-corrected chi connectivity index (χ1v) is 8.06. The van der Waals surface area contributed by atoms with Crippen molar-refractivity contribution in [2.75, 3.05) is 11.9 Å². The van der Waals surface area contributed by atoms with Gasteiger partial charge in [-0.15, -0.1) is 0 Å². The van der Waals surface area contributed by atoms with Crippen LogP contribution in [0.4, 0.5) is 0 Å². The first-order chi connectivity index (χ1) is 9.02. The summed E-state index contributed by atoms with van der Waals surface area (Å²) in [6.45, 7) is 7.29. The summed E-state index contributed by atoms with van der Waals surface area (Å²) < 4.78 is 0. The van der Waals surface area contributed by atoms with E-state index >= 15 is 0 Å². The Hall–Kier alpha value is -0.830. The van der Waals surface area contributed by atoms with Crippen molar-refractivity contribution in [3.63, 3.8) is 0 Å². The average molecular weight is 324 g/mol. The molecule has 19 heavy (non-hydrogen) atoms. The van der Waals surface area contributed by atoms with Crippen LogP contribution in [0, 0.1) is 19.8 Å². The van der Waals surface area contributed by atoms with Crippen molar-refractivity contribution in [3.8, 4) is 0 Å². The van der Waals surface area contributed by atoms with E-state index in [1.165, 1.54) is 11.1 Å². The second kappa shape index (κ2) is 6.08. The van der Waals surface area contributed by atoms with Crippen molar-refractivity contribution < 1.29 is 4.79 Å². The fourth-order valence-corrected chi connectivity index (χ4v) is 3.80. The van der Waals surface area contributed by atoms with Gasteiger partial charge in [-0.2, -0.15) is 0 Å². The second-order valence-corrected chi connectivity index (χ2v) is 6.33. The van der Waals surface area contributed by atoms with Gasteiger partial charge in [-0.25, -0.2) is 0 Å². The van der Waals surface area contributed by atoms with Crippen molar-refractivity contribution in [2.45, 2.75) is 39.7 Å². The van der Waals surface area contributed by atoms with Crippen molar-refractivity contribution in [1.82, 2.24) is 4.90 Å². The van der Waals surface area contributed by atoms with E-state index in [1.54, 1.807) is 0 Å². The Morgan fingerprint density at radius 1 is 1.42 bits per heavy atom. The second-order valence-electron chi connectivity index (χ2n) is 5.68. The van der Waals surface area contributed by atoms with Crippen LogP contribution in [0.2, 0.25) is 0 Å². The molecule has 0 aromatic heterocycles. The van der Waals surface area contributed by atoms with Gasteiger partial charge in [0.25, 0.3) is 0 Å². The Balaban J connectivity index is 2.11. The number of halogens is 1. The van der Waals surface area contributed by atoms with E-state index in [4.69, 9.17) is 0 Å². The summed E-state index contributed by atoms with van der Waals surface area (Å²) in [6.07, 6.45) is 1.65. The lowest BCUT2D eigenvalue weighted by Gasteiger charge is -2.25. The van der Waals surface area contributed by atoms with Gasteiger partial charge in [0.15, 0.2) is 0 Å². The standard InChI is InChI=1S/C16H22BrNO/c1-11-4-5-12(2)14(8-11)9-16(19)18-7-6-13(3)15(18)10-17/h4-5,8,13,15H,6-7,9-10H2,1-3H3. The summed E-state index contributed by atoms with van der Waals surface area (Å²) in [5.74, 6) is 0.865. The number of aryl methyl sites for hydroxylation is 2. The first-order valence-electron chi connectivity index (χ1n) is 6.94. The molecule has 1 amide bonds. The third kappa shape index (κ3) is 3.19. The van der Waals surface area contributed by atoms with Gasteiger partial charge >= 0.3 is 0 Å². The van der Waals surface area contributed by atoms with Gasteiger partial charge in [-0.05, 0) is 37.3 Å². The van der Waals surface area contributed by atoms with Gasteiger partial charge in [0, 0.05) is 17.9 Å². The maximum atomic E-state index is 12.5. The van der Waals surface area contributed by atoms with Crippen LogP contribution in [0.5, 0.6) is 0 Å². The van der Waals surface area contributed by atoms with E-state index in [9.17, 15) is 4.79 Å². The molecule has 1 fully saturated rings. The molecule has 0 saturated carbocycles. The number of nitrogens with zero attached hydrogens (tertiary/aromatic N) is 1. The van der Waals surface area contributed by atoms with Crippen molar-refractivity contribution >= 4 is 21.8 Å². The fraction of sp³-hybridized carbons (Fsp3) is 0.562. The lowest BCUT2D eigenvalue weighted by Crippen LogP contribution is -2.39. The molecule has 1 aliphatic heterocycles. The van der Waals surface area contributed by atoms with Gasteiger partial charge < -0.3 is 4.90 Å². The lowest BCUT2D eigenvalue weighted by atomic mass is 10.0. The maximum Gasteiger partial charge on any atom is 0.227 e. The lowest BCUT2D eigenvalue weighted by molar-refractivity contribution is -0.131. The molecule has 0 bridgehead atoms. The van der Waals surface area contributed by atoms with Gasteiger partial charge in [0.1, 0.15) is 0 Å². The highest BCUT2D eigenvalue weighted by atomic mass is 79.9. The summed E-state index contributed by atoms with van der Waals surface area (Å²) in [4.78, 5) is 14.6. The van der Waals surface area contributed by atoms with E-state index in [1.807, 2.05) is 0 Å². The number of hydrogen-bond donors (Lipinski definition) is 0. The highest BCUT2D eigenvalue weighted by molar-refractivity contribution is 9.09. The fourth-order valence-electron chi connectivity index (χ4n) is 2.81. The van der Waals surface area contributed by atoms with Gasteiger partial charge in [0.2, 0.25) is 5.91 Å². The number of amides is 1. The van der Waals surface area contributed by atoms with Crippen LogP contribution in [0.15, 0.2) is 18.2 Å². The SMILES string of the molecule is Cc1ccc(C)c(CC(=O)N2CCC(C)C2CBr)c1. The highest BCUT2D eigenvalue weighted by Crippen LogP contribution is 2.26. The predicted molar refractivity (Wildman–Crippen MR) is 82.7 cm³/mol. The van der Waals surface area contributed by atoms with E-state index in [0.717, 1.165) is 23.9 Å². The normalized spacial score (nSPS) is 22.8. The smallest absolute Gasteiger partial charge is 0.227 e. The molecule has 1 aromatic carbocycles. The van der Waals surface area contributed by atoms with Crippen molar-refractivity contribution in [2.24, 2.45) is 5.92 Å². The van der Waals surface area contributed by atoms with Gasteiger partial charge in [0.05, 0.1) is 6.42 Å². The number of carbonyl (C=O) groups is 1. The Morgan fingerprint density at radius 2 is 2.16 bits per heavy atom. The molecule has 0 N–H and O–H groups in total. The van der Waals surface area contributed by atoms with Crippen molar-refractivity contribution in [1.29, 1.82) is 0 Å². The van der Waals surface area contributed by atoms with Gasteiger partial charge in [-0.3, -0.25) is 4.79 Å². The number of likely N-dealkylation sites (tertiary alicyclic amines) is 1. The minimum absolute atomic E-state index is 0.266. The average Bonchev–Trinajstić information content (AvgIpc) is 2.75. The molecule has 0 spiro atoms. The summed E-state index contributed by atoms with van der Waals surface area (Å²) in [6, 6.07) is 6.70. The Morgan fingerprint density at radius 3 is 2.84 bits per heavy atom. The Bertz CT molecular complexity index is 472. The number of alkyl halides is 1. The minimum atomic E-state index is 0.266. The van der Waals surface area contributed by atoms with Crippen LogP contribution in [0.25, 0.3) is 0 Å². The summed E-state index contributed by atoms with van der Waals surface area (Å²) in [5.41, 5.74) is 3.60. The molecule has 3 heteroatoms. The Labute approximate surface area is 124 Å². The molecule has 1 aliphatic rings. The number of benzene rings is 1. The molecule has 0 radical (unpaired) electrons. The van der Waals surface area contributed by atoms with Crippen LogP contribution >= 0.6 is 15.9 Å².